The number of aliphatic hydroxyl groups is 1. The summed E-state index contributed by atoms with van der Waals surface area (Å²) in [6, 6.07) is 2.61. The fraction of sp³-hybridized carbons (Fsp3) is 0.412. The Morgan fingerprint density at radius 3 is 2.88 bits per heavy atom. The van der Waals surface area contributed by atoms with Crippen molar-refractivity contribution in [1.29, 1.82) is 0 Å². The lowest BCUT2D eigenvalue weighted by Gasteiger charge is -2.38. The molecule has 9 nitrogen and oxygen atoms in total. The maximum atomic E-state index is 12.4. The number of hydrogen-bond donors (Lipinski definition) is 3. The van der Waals surface area contributed by atoms with Gasteiger partial charge in [-0.25, -0.2) is 4.79 Å². The van der Waals surface area contributed by atoms with E-state index in [9.17, 15) is 19.5 Å². The minimum absolute atomic E-state index is 0.0650. The number of rotatable bonds is 6. The minimum atomic E-state index is -0.647. The van der Waals surface area contributed by atoms with Crippen LogP contribution in [0.15, 0.2) is 40.3 Å². The Labute approximate surface area is 148 Å². The molecule has 0 unspecified atom stereocenters. The zero-order chi connectivity index (χ0) is 18.7. The normalized spacial score (nSPS) is 20.1. The smallest absolute Gasteiger partial charge is 0.328 e. The molecule has 26 heavy (non-hydrogen) atoms. The van der Waals surface area contributed by atoms with E-state index < -0.39 is 11.2 Å². The number of aliphatic hydroxyl groups excluding tert-OH is 1. The van der Waals surface area contributed by atoms with Crippen LogP contribution in [0.5, 0.6) is 5.75 Å². The Hall–Kier alpha value is -2.94. The van der Waals surface area contributed by atoms with Crippen LogP contribution in [0.25, 0.3) is 0 Å². The highest BCUT2D eigenvalue weighted by Gasteiger charge is 2.36. The molecule has 1 saturated carbocycles. The predicted octanol–water partition coefficient (Wildman–Crippen LogP) is -0.431. The third-order valence-electron chi connectivity index (χ3n) is 4.48. The number of aromatic amines is 1. The van der Waals surface area contributed by atoms with E-state index in [4.69, 9.17) is 4.74 Å². The number of methoxy groups -OCH3 is 1. The Morgan fingerprint density at radius 2 is 2.23 bits per heavy atom. The van der Waals surface area contributed by atoms with Crippen LogP contribution in [0.2, 0.25) is 0 Å². The van der Waals surface area contributed by atoms with Gasteiger partial charge in [0.2, 0.25) is 5.91 Å². The Kier molecular flexibility index (Phi) is 5.17. The fourth-order valence-corrected chi connectivity index (χ4v) is 3.04. The fourth-order valence-electron chi connectivity index (χ4n) is 3.04. The molecule has 0 aromatic carbocycles. The van der Waals surface area contributed by atoms with E-state index in [1.165, 1.54) is 19.4 Å². The average molecular weight is 360 g/mol. The van der Waals surface area contributed by atoms with Crippen LogP contribution in [0.4, 0.5) is 0 Å². The number of H-pyrrole nitrogens is 1. The van der Waals surface area contributed by atoms with E-state index in [1.807, 2.05) is 0 Å². The van der Waals surface area contributed by atoms with Gasteiger partial charge in [-0.1, -0.05) is 0 Å². The van der Waals surface area contributed by atoms with Crippen molar-refractivity contribution in [2.24, 2.45) is 5.92 Å². The molecule has 1 aliphatic rings. The van der Waals surface area contributed by atoms with Gasteiger partial charge in [-0.3, -0.25) is 24.1 Å². The molecule has 1 fully saturated rings. The maximum absolute atomic E-state index is 12.4. The summed E-state index contributed by atoms with van der Waals surface area (Å²) in [5.74, 6) is 0.252. The summed E-state index contributed by atoms with van der Waals surface area (Å²) in [4.78, 5) is 41.5. The van der Waals surface area contributed by atoms with Gasteiger partial charge in [-0.05, 0) is 30.4 Å². The maximum Gasteiger partial charge on any atom is 0.328 e. The SMILES string of the molecule is COc1cncc([C@H](NC(=O)Cn2ccc(=O)[nH]c2=O)C2CC(O)C2)c1. The molecule has 3 N–H and O–H groups in total. The van der Waals surface area contributed by atoms with Crippen molar-refractivity contribution in [2.75, 3.05) is 7.11 Å². The first kappa shape index (κ1) is 17.9. The summed E-state index contributed by atoms with van der Waals surface area (Å²) >= 11 is 0. The molecular weight excluding hydrogens is 340 g/mol. The molecule has 0 radical (unpaired) electrons. The van der Waals surface area contributed by atoms with E-state index >= 15 is 0 Å². The number of pyridine rings is 1. The third-order valence-corrected chi connectivity index (χ3v) is 4.48. The molecular formula is C17H20N4O5. The summed E-state index contributed by atoms with van der Waals surface area (Å²) in [7, 11) is 1.53. The van der Waals surface area contributed by atoms with Gasteiger partial charge in [0, 0.05) is 18.5 Å². The van der Waals surface area contributed by atoms with E-state index in [-0.39, 0.29) is 30.5 Å². The lowest BCUT2D eigenvalue weighted by molar-refractivity contribution is -0.123. The first-order valence-corrected chi connectivity index (χ1v) is 8.22. The summed E-state index contributed by atoms with van der Waals surface area (Å²) < 4.78 is 6.30. The van der Waals surface area contributed by atoms with Crippen LogP contribution in [-0.4, -0.2) is 38.8 Å². The Balaban J connectivity index is 1.77. The van der Waals surface area contributed by atoms with Gasteiger partial charge in [-0.15, -0.1) is 0 Å². The molecule has 2 heterocycles. The molecule has 1 atom stereocenters. The standard InChI is InChI=1S/C17H20N4O5/c1-26-13-6-11(7-18-8-13)16(10-4-12(22)5-10)19-15(24)9-21-3-2-14(23)20-17(21)25/h2-3,6-8,10,12,16,22H,4-5,9H2,1H3,(H,19,24)(H,20,23,25)/t10?,12?,16-/m1/s1. The molecule has 0 bridgehead atoms. The van der Waals surface area contributed by atoms with Crippen molar-refractivity contribution in [3.05, 3.63) is 57.1 Å². The van der Waals surface area contributed by atoms with E-state index in [1.54, 1.807) is 18.5 Å². The van der Waals surface area contributed by atoms with Crippen LogP contribution in [0.1, 0.15) is 24.4 Å². The minimum Gasteiger partial charge on any atom is -0.495 e. The number of carbonyl (C=O) groups excluding carboxylic acids is 1. The van der Waals surface area contributed by atoms with Gasteiger partial charge < -0.3 is 15.2 Å². The van der Waals surface area contributed by atoms with Crippen LogP contribution in [-0.2, 0) is 11.3 Å². The van der Waals surface area contributed by atoms with Crippen molar-refractivity contribution in [3.63, 3.8) is 0 Å². The van der Waals surface area contributed by atoms with Crippen LogP contribution >= 0.6 is 0 Å². The molecule has 2 aromatic rings. The molecule has 3 rings (SSSR count). The predicted molar refractivity (Wildman–Crippen MR) is 91.7 cm³/mol. The van der Waals surface area contributed by atoms with E-state index in [0.717, 1.165) is 10.1 Å². The van der Waals surface area contributed by atoms with Gasteiger partial charge in [0.1, 0.15) is 12.3 Å². The number of amides is 1. The summed E-state index contributed by atoms with van der Waals surface area (Å²) in [6.45, 7) is -0.223. The van der Waals surface area contributed by atoms with Gasteiger partial charge >= 0.3 is 5.69 Å². The van der Waals surface area contributed by atoms with Crippen LogP contribution in [0, 0.1) is 5.92 Å². The number of aromatic nitrogens is 3. The number of nitrogens with one attached hydrogen (secondary N) is 2. The number of carbonyl (C=O) groups is 1. The quantitative estimate of drug-likeness (QED) is 0.642. The molecule has 138 valence electrons. The number of ether oxygens (including phenoxy) is 1. The lowest BCUT2D eigenvalue weighted by atomic mass is 9.75. The summed E-state index contributed by atoms with van der Waals surface area (Å²) in [5.41, 5.74) is -0.398. The Bertz CT molecular complexity index is 900. The van der Waals surface area contributed by atoms with E-state index in [2.05, 4.69) is 15.3 Å². The highest BCUT2D eigenvalue weighted by Crippen LogP contribution is 2.38. The summed E-state index contributed by atoms with van der Waals surface area (Å²) in [6.07, 6.45) is 5.25. The largest absolute Gasteiger partial charge is 0.495 e. The van der Waals surface area contributed by atoms with Gasteiger partial charge in [-0.2, -0.15) is 0 Å². The number of hydrogen-bond acceptors (Lipinski definition) is 6. The lowest BCUT2D eigenvalue weighted by Crippen LogP contribution is -2.43. The molecule has 9 heteroatoms. The third kappa shape index (κ3) is 3.99. The first-order valence-electron chi connectivity index (χ1n) is 8.22. The second kappa shape index (κ2) is 7.52. The monoisotopic (exact) mass is 360 g/mol. The van der Waals surface area contributed by atoms with Crippen molar-refractivity contribution in [2.45, 2.75) is 31.5 Å². The van der Waals surface area contributed by atoms with E-state index in [0.29, 0.717) is 18.6 Å². The molecule has 2 aromatic heterocycles. The van der Waals surface area contributed by atoms with Crippen LogP contribution in [0.3, 0.4) is 0 Å². The van der Waals surface area contributed by atoms with Crippen molar-refractivity contribution in [1.82, 2.24) is 19.9 Å². The highest BCUT2D eigenvalue weighted by molar-refractivity contribution is 5.76. The topological polar surface area (TPSA) is 126 Å². The average Bonchev–Trinajstić information content (AvgIpc) is 2.60. The second-order valence-corrected chi connectivity index (χ2v) is 6.33. The molecule has 1 aliphatic carbocycles. The molecule has 0 spiro atoms. The van der Waals surface area contributed by atoms with Gasteiger partial charge in [0.05, 0.1) is 25.5 Å². The highest BCUT2D eigenvalue weighted by atomic mass is 16.5. The second-order valence-electron chi connectivity index (χ2n) is 6.33. The van der Waals surface area contributed by atoms with Crippen molar-refractivity contribution in [3.8, 4) is 5.75 Å². The first-order chi connectivity index (χ1) is 12.5. The molecule has 1 amide bonds. The molecule has 0 saturated heterocycles. The van der Waals surface area contributed by atoms with Gasteiger partial charge in [0.25, 0.3) is 5.56 Å². The summed E-state index contributed by atoms with van der Waals surface area (Å²) in [5, 5.41) is 12.5. The molecule has 0 aliphatic heterocycles. The Morgan fingerprint density at radius 1 is 1.46 bits per heavy atom. The zero-order valence-corrected chi connectivity index (χ0v) is 14.2. The van der Waals surface area contributed by atoms with Gasteiger partial charge in [0.15, 0.2) is 0 Å². The van der Waals surface area contributed by atoms with Crippen LogP contribution < -0.4 is 21.3 Å². The van der Waals surface area contributed by atoms with Crippen molar-refractivity contribution >= 4 is 5.91 Å². The van der Waals surface area contributed by atoms with Crippen molar-refractivity contribution < 1.29 is 14.6 Å². The zero-order valence-electron chi connectivity index (χ0n) is 14.2. The number of nitrogens with zero attached hydrogens (tertiary/aromatic N) is 2.